The van der Waals surface area contributed by atoms with Crippen LogP contribution >= 0.6 is 0 Å². The number of rotatable bonds is 4. The van der Waals surface area contributed by atoms with Crippen molar-refractivity contribution in [1.82, 2.24) is 5.32 Å². The van der Waals surface area contributed by atoms with Crippen LogP contribution in [0.4, 0.5) is 13.2 Å². The van der Waals surface area contributed by atoms with Gasteiger partial charge in [0.05, 0.1) is 6.61 Å². The third kappa shape index (κ3) is 3.13. The van der Waals surface area contributed by atoms with Gasteiger partial charge in [-0.25, -0.2) is 0 Å². The number of alkyl halides is 3. The van der Waals surface area contributed by atoms with Gasteiger partial charge in [-0.1, -0.05) is 12.1 Å². The second kappa shape index (κ2) is 5.21. The number of halogens is 3. The molecule has 2 nitrogen and oxygen atoms in total. The molecule has 1 N–H and O–H groups in total. The summed E-state index contributed by atoms with van der Waals surface area (Å²) in [6.07, 6.45) is -4.31. The molecule has 0 saturated carbocycles. The Morgan fingerprint density at radius 2 is 2.06 bits per heavy atom. The molecule has 0 amide bonds. The molecule has 90 valence electrons. The van der Waals surface area contributed by atoms with E-state index in [9.17, 15) is 13.2 Å². The molecule has 1 aromatic rings. The van der Waals surface area contributed by atoms with E-state index in [0.717, 1.165) is 0 Å². The van der Waals surface area contributed by atoms with Crippen molar-refractivity contribution in [3.8, 4) is 5.75 Å². The van der Waals surface area contributed by atoms with Crippen molar-refractivity contribution < 1.29 is 17.9 Å². The van der Waals surface area contributed by atoms with Gasteiger partial charge in [0, 0.05) is 0 Å². The molecule has 5 heteroatoms. The van der Waals surface area contributed by atoms with Gasteiger partial charge >= 0.3 is 6.18 Å². The molecule has 0 saturated heterocycles. The lowest BCUT2D eigenvalue weighted by atomic mass is 10.1. The van der Waals surface area contributed by atoms with Crippen LogP contribution in [-0.4, -0.2) is 19.8 Å². The number of nitrogens with one attached hydrogen (secondary N) is 1. The predicted molar refractivity (Wildman–Crippen MR) is 55.5 cm³/mol. The van der Waals surface area contributed by atoms with Gasteiger partial charge in [0.15, 0.2) is 0 Å². The molecule has 0 heterocycles. The van der Waals surface area contributed by atoms with E-state index in [2.05, 4.69) is 5.32 Å². The molecular formula is C11H14F3NO. The fourth-order valence-electron chi connectivity index (χ4n) is 1.47. The second-order valence-corrected chi connectivity index (χ2v) is 3.27. The smallest absolute Gasteiger partial charge is 0.407 e. The van der Waals surface area contributed by atoms with Crippen molar-refractivity contribution in [2.75, 3.05) is 13.7 Å². The molecule has 0 spiro atoms. The molecule has 0 aliphatic carbocycles. The highest BCUT2D eigenvalue weighted by atomic mass is 19.4. The molecular weight excluding hydrogens is 219 g/mol. The highest BCUT2D eigenvalue weighted by Gasteiger charge is 2.39. The average molecular weight is 233 g/mol. The monoisotopic (exact) mass is 233 g/mol. The van der Waals surface area contributed by atoms with Gasteiger partial charge in [-0.05, 0) is 31.7 Å². The van der Waals surface area contributed by atoms with Crippen LogP contribution < -0.4 is 10.1 Å². The molecule has 0 bridgehead atoms. The molecule has 0 radical (unpaired) electrons. The zero-order valence-electron chi connectivity index (χ0n) is 9.14. The maximum atomic E-state index is 12.6. The van der Waals surface area contributed by atoms with E-state index in [1.54, 1.807) is 19.1 Å². The Bertz CT molecular complexity index is 338. The van der Waals surface area contributed by atoms with Crippen molar-refractivity contribution in [3.63, 3.8) is 0 Å². The summed E-state index contributed by atoms with van der Waals surface area (Å²) < 4.78 is 43.0. The Labute approximate surface area is 92.4 Å². The third-order valence-corrected chi connectivity index (χ3v) is 2.12. The van der Waals surface area contributed by atoms with E-state index >= 15 is 0 Å². The maximum absolute atomic E-state index is 12.6. The Hall–Kier alpha value is -1.23. The quantitative estimate of drug-likeness (QED) is 0.863. The second-order valence-electron chi connectivity index (χ2n) is 3.27. The first-order chi connectivity index (χ1) is 7.49. The summed E-state index contributed by atoms with van der Waals surface area (Å²) in [6.45, 7) is 2.21. The first kappa shape index (κ1) is 12.8. The molecule has 1 rings (SSSR count). The van der Waals surface area contributed by atoms with Crippen molar-refractivity contribution in [3.05, 3.63) is 29.8 Å². The average Bonchev–Trinajstić information content (AvgIpc) is 2.17. The van der Waals surface area contributed by atoms with Crippen molar-refractivity contribution in [2.45, 2.75) is 19.1 Å². The van der Waals surface area contributed by atoms with Gasteiger partial charge in [-0.2, -0.15) is 13.2 Å². The molecule has 0 aromatic heterocycles. The standard InChI is InChI=1S/C11H14F3NO/c1-3-16-9-6-4-5-8(7-9)10(15-2)11(12,13)14/h4-7,10,15H,3H2,1-2H3. The van der Waals surface area contributed by atoms with Crippen LogP contribution in [0.5, 0.6) is 5.75 Å². The summed E-state index contributed by atoms with van der Waals surface area (Å²) in [4.78, 5) is 0. The van der Waals surface area contributed by atoms with Gasteiger partial charge in [0.2, 0.25) is 0 Å². The van der Waals surface area contributed by atoms with Crippen LogP contribution in [0.15, 0.2) is 24.3 Å². The van der Waals surface area contributed by atoms with Crippen LogP contribution in [0.25, 0.3) is 0 Å². The predicted octanol–water partition coefficient (Wildman–Crippen LogP) is 2.91. The highest BCUT2D eigenvalue weighted by Crippen LogP contribution is 2.33. The Morgan fingerprint density at radius 1 is 1.38 bits per heavy atom. The molecule has 0 aliphatic heterocycles. The molecule has 1 unspecified atom stereocenters. The van der Waals surface area contributed by atoms with Gasteiger partial charge in [0.25, 0.3) is 0 Å². The molecule has 1 atom stereocenters. The first-order valence-corrected chi connectivity index (χ1v) is 4.95. The minimum absolute atomic E-state index is 0.154. The lowest BCUT2D eigenvalue weighted by Crippen LogP contribution is -2.31. The molecule has 0 fully saturated rings. The zero-order chi connectivity index (χ0) is 12.2. The van der Waals surface area contributed by atoms with Gasteiger partial charge < -0.3 is 10.1 Å². The van der Waals surface area contributed by atoms with Gasteiger partial charge in [0.1, 0.15) is 11.8 Å². The molecule has 1 aromatic carbocycles. The van der Waals surface area contributed by atoms with Gasteiger partial charge in [-0.3, -0.25) is 0 Å². The van der Waals surface area contributed by atoms with Crippen LogP contribution in [0, 0.1) is 0 Å². The largest absolute Gasteiger partial charge is 0.494 e. The SMILES string of the molecule is CCOc1cccc(C(NC)C(F)(F)F)c1. The Kier molecular flexibility index (Phi) is 4.18. The number of hydrogen-bond donors (Lipinski definition) is 1. The lowest BCUT2D eigenvalue weighted by Gasteiger charge is -2.20. The van der Waals surface area contributed by atoms with Crippen molar-refractivity contribution in [1.29, 1.82) is 0 Å². The van der Waals surface area contributed by atoms with E-state index in [1.165, 1.54) is 19.2 Å². The lowest BCUT2D eigenvalue weighted by molar-refractivity contribution is -0.156. The summed E-state index contributed by atoms with van der Waals surface area (Å²) in [5.41, 5.74) is 0.154. The highest BCUT2D eigenvalue weighted by molar-refractivity contribution is 5.31. The van der Waals surface area contributed by atoms with E-state index in [1.807, 2.05) is 0 Å². The zero-order valence-corrected chi connectivity index (χ0v) is 9.14. The number of ether oxygens (including phenoxy) is 1. The minimum Gasteiger partial charge on any atom is -0.494 e. The normalized spacial score (nSPS) is 13.6. The number of hydrogen-bond acceptors (Lipinski definition) is 2. The summed E-state index contributed by atoms with van der Waals surface area (Å²) in [5, 5.41) is 2.25. The van der Waals surface area contributed by atoms with Crippen LogP contribution in [0.1, 0.15) is 18.5 Å². The summed E-state index contributed by atoms with van der Waals surface area (Å²) in [6, 6.07) is 4.36. The minimum atomic E-state index is -4.31. The summed E-state index contributed by atoms with van der Waals surface area (Å²) >= 11 is 0. The van der Waals surface area contributed by atoms with Crippen molar-refractivity contribution >= 4 is 0 Å². The van der Waals surface area contributed by atoms with Crippen LogP contribution in [0.3, 0.4) is 0 Å². The fourth-order valence-corrected chi connectivity index (χ4v) is 1.47. The first-order valence-electron chi connectivity index (χ1n) is 4.95. The van der Waals surface area contributed by atoms with E-state index < -0.39 is 12.2 Å². The topological polar surface area (TPSA) is 21.3 Å². The number of benzene rings is 1. The van der Waals surface area contributed by atoms with E-state index in [-0.39, 0.29) is 5.56 Å². The third-order valence-electron chi connectivity index (χ3n) is 2.12. The van der Waals surface area contributed by atoms with Gasteiger partial charge in [-0.15, -0.1) is 0 Å². The van der Waals surface area contributed by atoms with E-state index in [4.69, 9.17) is 4.74 Å². The Morgan fingerprint density at radius 3 is 2.56 bits per heavy atom. The molecule has 16 heavy (non-hydrogen) atoms. The summed E-state index contributed by atoms with van der Waals surface area (Å²) in [5.74, 6) is 0.449. The van der Waals surface area contributed by atoms with Crippen LogP contribution in [0.2, 0.25) is 0 Å². The van der Waals surface area contributed by atoms with E-state index in [0.29, 0.717) is 12.4 Å². The van der Waals surface area contributed by atoms with Crippen molar-refractivity contribution in [2.24, 2.45) is 0 Å². The fraction of sp³-hybridized carbons (Fsp3) is 0.455. The summed E-state index contributed by atoms with van der Waals surface area (Å²) in [7, 11) is 1.28. The molecule has 0 aliphatic rings. The van der Waals surface area contributed by atoms with Crippen LogP contribution in [-0.2, 0) is 0 Å². The Balaban J connectivity index is 2.97. The maximum Gasteiger partial charge on any atom is 0.407 e.